The molecule has 0 aliphatic carbocycles. The van der Waals surface area contributed by atoms with Gasteiger partial charge in [-0.3, -0.25) is 4.99 Å². The van der Waals surface area contributed by atoms with Crippen LogP contribution in [0.1, 0.15) is 34.1 Å². The normalized spacial score (nSPS) is 14.8. The van der Waals surface area contributed by atoms with Crippen molar-refractivity contribution in [3.05, 3.63) is 48.2 Å². The van der Waals surface area contributed by atoms with Gasteiger partial charge in [-0.1, -0.05) is 43.9 Å². The lowest BCUT2D eigenvalue weighted by Crippen LogP contribution is -1.91. The molecule has 0 N–H and O–H groups in total. The van der Waals surface area contributed by atoms with E-state index in [1.165, 1.54) is 0 Å². The van der Waals surface area contributed by atoms with Crippen LogP contribution in [-0.2, 0) is 0 Å². The summed E-state index contributed by atoms with van der Waals surface area (Å²) in [4.78, 5) is 4.54. The van der Waals surface area contributed by atoms with Gasteiger partial charge in [0.15, 0.2) is 0 Å². The molecule has 0 radical (unpaired) electrons. The number of rotatable bonds is 5. The first-order valence-corrected chi connectivity index (χ1v) is 5.35. The maximum absolute atomic E-state index is 4.54. The Bertz CT molecular complexity index is 314. The number of hydrogen-bond acceptors (Lipinski definition) is 1. The van der Waals surface area contributed by atoms with E-state index < -0.39 is 0 Å². The van der Waals surface area contributed by atoms with Crippen molar-refractivity contribution in [2.75, 3.05) is 0 Å². The Morgan fingerprint density at radius 2 is 2.00 bits per heavy atom. The maximum Gasteiger partial charge on any atom is 0.0658 e. The standard InChI is InChI=1S/C14H21N/c1-6-10-11-13(8-3)14(9-4)15-12(5)7-2/h6,8-11H,3,7H2,1-2,4-5H3/b10-6-,13-11+,14-9-,15-12?. The molecule has 0 bridgehead atoms. The van der Waals surface area contributed by atoms with Crippen LogP contribution in [0.5, 0.6) is 0 Å². The van der Waals surface area contributed by atoms with Crippen molar-refractivity contribution in [3.63, 3.8) is 0 Å². The lowest BCUT2D eigenvalue weighted by Gasteiger charge is -2.03. The van der Waals surface area contributed by atoms with Gasteiger partial charge in [-0.05, 0) is 32.8 Å². The van der Waals surface area contributed by atoms with Crippen molar-refractivity contribution < 1.29 is 0 Å². The highest BCUT2D eigenvalue weighted by Crippen LogP contribution is 2.13. The zero-order chi connectivity index (χ0) is 11.7. The van der Waals surface area contributed by atoms with Gasteiger partial charge in [-0.15, -0.1) is 0 Å². The van der Waals surface area contributed by atoms with Gasteiger partial charge in [0.25, 0.3) is 0 Å². The van der Waals surface area contributed by atoms with E-state index in [-0.39, 0.29) is 0 Å². The van der Waals surface area contributed by atoms with Crippen molar-refractivity contribution in [2.24, 2.45) is 4.99 Å². The topological polar surface area (TPSA) is 12.4 Å². The van der Waals surface area contributed by atoms with Crippen molar-refractivity contribution in [3.8, 4) is 0 Å². The summed E-state index contributed by atoms with van der Waals surface area (Å²) < 4.78 is 0. The minimum absolute atomic E-state index is 0.978. The first-order chi connectivity index (χ1) is 7.19. The third kappa shape index (κ3) is 5.16. The molecule has 0 amide bonds. The van der Waals surface area contributed by atoms with Crippen LogP contribution in [0.2, 0.25) is 0 Å². The molecular weight excluding hydrogens is 182 g/mol. The largest absolute Gasteiger partial charge is 0.258 e. The van der Waals surface area contributed by atoms with E-state index in [2.05, 4.69) is 18.5 Å². The highest BCUT2D eigenvalue weighted by atomic mass is 14.8. The molecule has 0 aromatic heterocycles. The zero-order valence-electron chi connectivity index (χ0n) is 10.2. The van der Waals surface area contributed by atoms with Gasteiger partial charge in [0.05, 0.1) is 5.70 Å². The van der Waals surface area contributed by atoms with Crippen molar-refractivity contribution >= 4 is 5.71 Å². The molecule has 0 saturated carbocycles. The van der Waals surface area contributed by atoms with E-state index in [0.29, 0.717) is 0 Å². The van der Waals surface area contributed by atoms with E-state index in [0.717, 1.165) is 23.4 Å². The molecule has 15 heavy (non-hydrogen) atoms. The Morgan fingerprint density at radius 1 is 1.33 bits per heavy atom. The van der Waals surface area contributed by atoms with Crippen molar-refractivity contribution in [1.29, 1.82) is 0 Å². The molecule has 1 heteroatoms. The average Bonchev–Trinajstić information content (AvgIpc) is 2.27. The highest BCUT2D eigenvalue weighted by molar-refractivity contribution is 5.83. The Balaban J connectivity index is 5.04. The van der Waals surface area contributed by atoms with Crippen LogP contribution in [0.3, 0.4) is 0 Å². The van der Waals surface area contributed by atoms with Crippen LogP contribution in [-0.4, -0.2) is 5.71 Å². The highest BCUT2D eigenvalue weighted by Gasteiger charge is 1.97. The second-order valence-electron chi connectivity index (χ2n) is 3.23. The van der Waals surface area contributed by atoms with Crippen molar-refractivity contribution in [1.82, 2.24) is 0 Å². The molecule has 0 spiro atoms. The van der Waals surface area contributed by atoms with Gasteiger partial charge < -0.3 is 0 Å². The molecule has 0 saturated heterocycles. The van der Waals surface area contributed by atoms with Crippen LogP contribution in [0.25, 0.3) is 0 Å². The molecule has 82 valence electrons. The van der Waals surface area contributed by atoms with Gasteiger partial charge in [-0.2, -0.15) is 0 Å². The van der Waals surface area contributed by atoms with Crippen LogP contribution >= 0.6 is 0 Å². The summed E-state index contributed by atoms with van der Waals surface area (Å²) >= 11 is 0. The van der Waals surface area contributed by atoms with Gasteiger partial charge in [0, 0.05) is 5.71 Å². The number of hydrogen-bond donors (Lipinski definition) is 0. The minimum atomic E-state index is 0.978. The fourth-order valence-corrected chi connectivity index (χ4v) is 1.04. The molecule has 0 fully saturated rings. The smallest absolute Gasteiger partial charge is 0.0658 e. The van der Waals surface area contributed by atoms with E-state index in [1.54, 1.807) is 0 Å². The fourth-order valence-electron chi connectivity index (χ4n) is 1.04. The average molecular weight is 203 g/mol. The zero-order valence-corrected chi connectivity index (χ0v) is 10.2. The van der Waals surface area contributed by atoms with Gasteiger partial charge in [-0.25, -0.2) is 0 Å². The van der Waals surface area contributed by atoms with Crippen LogP contribution in [0.15, 0.2) is 53.2 Å². The molecule has 0 aromatic carbocycles. The van der Waals surface area contributed by atoms with E-state index in [9.17, 15) is 0 Å². The Morgan fingerprint density at radius 3 is 2.40 bits per heavy atom. The summed E-state index contributed by atoms with van der Waals surface area (Å²) in [7, 11) is 0. The molecule has 1 nitrogen and oxygen atoms in total. The molecule has 0 heterocycles. The van der Waals surface area contributed by atoms with Crippen LogP contribution in [0, 0.1) is 0 Å². The SMILES string of the molecule is C=CC(=C\C=C/C)/C(=C/C)N=C(C)CC. The fraction of sp³-hybridized carbons (Fsp3) is 0.357. The summed E-state index contributed by atoms with van der Waals surface area (Å²) in [5.41, 5.74) is 3.18. The van der Waals surface area contributed by atoms with Crippen LogP contribution < -0.4 is 0 Å². The third-order valence-corrected chi connectivity index (χ3v) is 2.08. The second kappa shape index (κ2) is 7.98. The minimum Gasteiger partial charge on any atom is -0.258 e. The van der Waals surface area contributed by atoms with Gasteiger partial charge in [0.2, 0.25) is 0 Å². The molecular formula is C14H21N. The molecule has 0 aromatic rings. The summed E-state index contributed by atoms with van der Waals surface area (Å²) in [6, 6.07) is 0. The Hall–Kier alpha value is -1.37. The Labute approximate surface area is 93.6 Å². The maximum atomic E-state index is 4.54. The lowest BCUT2D eigenvalue weighted by molar-refractivity contribution is 1.21. The molecule has 0 rings (SSSR count). The molecule has 0 unspecified atom stereocenters. The first-order valence-electron chi connectivity index (χ1n) is 5.35. The predicted molar refractivity (Wildman–Crippen MR) is 70.3 cm³/mol. The number of nitrogens with zero attached hydrogens (tertiary/aromatic N) is 1. The number of allylic oxidation sites excluding steroid dienone is 5. The van der Waals surface area contributed by atoms with Gasteiger partial charge in [0.1, 0.15) is 0 Å². The monoisotopic (exact) mass is 203 g/mol. The van der Waals surface area contributed by atoms with E-state index in [4.69, 9.17) is 0 Å². The summed E-state index contributed by atoms with van der Waals surface area (Å²) in [5.74, 6) is 0. The summed E-state index contributed by atoms with van der Waals surface area (Å²) in [6.45, 7) is 11.9. The molecule has 0 aliphatic rings. The Kier molecular flexibility index (Phi) is 7.25. The molecule has 0 atom stereocenters. The lowest BCUT2D eigenvalue weighted by atomic mass is 10.1. The van der Waals surface area contributed by atoms with E-state index in [1.807, 2.05) is 51.2 Å². The first kappa shape index (κ1) is 13.6. The third-order valence-electron chi connectivity index (χ3n) is 2.08. The van der Waals surface area contributed by atoms with Gasteiger partial charge >= 0.3 is 0 Å². The quantitative estimate of drug-likeness (QED) is 0.462. The van der Waals surface area contributed by atoms with Crippen LogP contribution in [0.4, 0.5) is 0 Å². The van der Waals surface area contributed by atoms with E-state index >= 15 is 0 Å². The predicted octanol–water partition coefficient (Wildman–Crippen LogP) is 4.45. The summed E-state index contributed by atoms with van der Waals surface area (Å²) in [6.07, 6.45) is 10.8. The number of aliphatic imine (C=N–C) groups is 1. The second-order valence-corrected chi connectivity index (χ2v) is 3.23. The molecule has 0 aliphatic heterocycles. The summed E-state index contributed by atoms with van der Waals surface area (Å²) in [5, 5.41) is 0. The van der Waals surface area contributed by atoms with Crippen molar-refractivity contribution in [2.45, 2.75) is 34.1 Å².